The molecule has 0 N–H and O–H groups in total. The van der Waals surface area contributed by atoms with Crippen molar-refractivity contribution in [1.29, 1.82) is 0 Å². The van der Waals surface area contributed by atoms with E-state index in [4.69, 9.17) is 4.74 Å². The third kappa shape index (κ3) is 3.04. The molecule has 1 aliphatic heterocycles. The Balaban J connectivity index is 2.03. The van der Waals surface area contributed by atoms with E-state index in [0.29, 0.717) is 5.69 Å². The SMILES string of the molecule is COC(=O)c1cc(C(=O)N2CCCC[C@H]2C)n(-c2ccccc2)n1. The Morgan fingerprint density at radius 1 is 1.21 bits per heavy atom. The van der Waals surface area contributed by atoms with Crippen molar-refractivity contribution < 1.29 is 14.3 Å². The highest BCUT2D eigenvalue weighted by Crippen LogP contribution is 2.21. The number of hydrogen-bond acceptors (Lipinski definition) is 4. The Bertz CT molecular complexity index is 739. The average molecular weight is 327 g/mol. The van der Waals surface area contributed by atoms with Crippen LogP contribution in [0.15, 0.2) is 36.4 Å². The van der Waals surface area contributed by atoms with Crippen LogP contribution in [0.5, 0.6) is 0 Å². The number of esters is 1. The predicted molar refractivity (Wildman–Crippen MR) is 89.3 cm³/mol. The lowest BCUT2D eigenvalue weighted by atomic mass is 10.0. The van der Waals surface area contributed by atoms with E-state index in [2.05, 4.69) is 12.0 Å². The highest BCUT2D eigenvalue weighted by Gasteiger charge is 2.28. The molecule has 24 heavy (non-hydrogen) atoms. The van der Waals surface area contributed by atoms with Crippen molar-refractivity contribution >= 4 is 11.9 Å². The molecule has 6 nitrogen and oxygen atoms in total. The molecule has 0 spiro atoms. The van der Waals surface area contributed by atoms with Crippen molar-refractivity contribution in [2.24, 2.45) is 0 Å². The van der Waals surface area contributed by atoms with Gasteiger partial charge in [-0.15, -0.1) is 0 Å². The summed E-state index contributed by atoms with van der Waals surface area (Å²) in [7, 11) is 1.30. The van der Waals surface area contributed by atoms with Gasteiger partial charge in [-0.1, -0.05) is 18.2 Å². The van der Waals surface area contributed by atoms with Crippen molar-refractivity contribution in [2.45, 2.75) is 32.2 Å². The minimum atomic E-state index is -0.551. The number of nitrogens with zero attached hydrogens (tertiary/aromatic N) is 3. The summed E-state index contributed by atoms with van der Waals surface area (Å²) >= 11 is 0. The number of carbonyl (C=O) groups is 2. The Labute approximate surface area is 141 Å². The molecule has 2 aromatic rings. The van der Waals surface area contributed by atoms with E-state index in [9.17, 15) is 9.59 Å². The van der Waals surface area contributed by atoms with Gasteiger partial charge in [0.2, 0.25) is 0 Å². The van der Waals surface area contributed by atoms with E-state index in [1.165, 1.54) is 17.9 Å². The summed E-state index contributed by atoms with van der Waals surface area (Å²) in [5.41, 5.74) is 1.25. The van der Waals surface area contributed by atoms with Crippen LogP contribution in [0.3, 0.4) is 0 Å². The molecule has 1 aliphatic rings. The zero-order valence-corrected chi connectivity index (χ0v) is 13.9. The molecule has 2 heterocycles. The molecule has 1 saturated heterocycles. The maximum absolute atomic E-state index is 13.0. The summed E-state index contributed by atoms with van der Waals surface area (Å²) in [5.74, 6) is -0.654. The number of ether oxygens (including phenoxy) is 1. The van der Waals surface area contributed by atoms with Crippen LogP contribution in [-0.2, 0) is 4.74 Å². The van der Waals surface area contributed by atoms with Gasteiger partial charge in [-0.3, -0.25) is 4.79 Å². The van der Waals surface area contributed by atoms with Crippen molar-refractivity contribution in [2.75, 3.05) is 13.7 Å². The Morgan fingerprint density at radius 2 is 1.96 bits per heavy atom. The quantitative estimate of drug-likeness (QED) is 0.813. The molecular weight excluding hydrogens is 306 g/mol. The number of piperidine rings is 1. The Hall–Kier alpha value is -2.63. The number of carbonyl (C=O) groups excluding carboxylic acids is 2. The van der Waals surface area contributed by atoms with Gasteiger partial charge in [-0.05, 0) is 38.3 Å². The van der Waals surface area contributed by atoms with E-state index in [1.54, 1.807) is 0 Å². The van der Waals surface area contributed by atoms with Crippen LogP contribution < -0.4 is 0 Å². The molecule has 0 saturated carbocycles. The van der Waals surface area contributed by atoms with Gasteiger partial charge in [-0.2, -0.15) is 5.10 Å². The van der Waals surface area contributed by atoms with Crippen LogP contribution in [0, 0.1) is 0 Å². The molecule has 1 amide bonds. The van der Waals surface area contributed by atoms with E-state index in [0.717, 1.165) is 31.5 Å². The number of benzene rings is 1. The molecule has 0 aliphatic carbocycles. The number of rotatable bonds is 3. The summed E-state index contributed by atoms with van der Waals surface area (Å²) in [6, 6.07) is 11.0. The lowest BCUT2D eigenvalue weighted by Crippen LogP contribution is -2.42. The van der Waals surface area contributed by atoms with Gasteiger partial charge < -0.3 is 9.64 Å². The maximum Gasteiger partial charge on any atom is 0.358 e. The fourth-order valence-electron chi connectivity index (χ4n) is 3.05. The summed E-state index contributed by atoms with van der Waals surface area (Å²) < 4.78 is 6.27. The van der Waals surface area contributed by atoms with E-state index in [-0.39, 0.29) is 17.6 Å². The molecule has 1 atom stereocenters. The third-order valence-electron chi connectivity index (χ3n) is 4.39. The number of hydrogen-bond donors (Lipinski definition) is 0. The second-order valence-electron chi connectivity index (χ2n) is 6.00. The summed E-state index contributed by atoms with van der Waals surface area (Å²) in [4.78, 5) is 26.8. The van der Waals surface area contributed by atoms with Crippen LogP contribution in [0.4, 0.5) is 0 Å². The second kappa shape index (κ2) is 6.86. The lowest BCUT2D eigenvalue weighted by Gasteiger charge is -2.33. The molecule has 1 aromatic carbocycles. The lowest BCUT2D eigenvalue weighted by molar-refractivity contribution is 0.0592. The van der Waals surface area contributed by atoms with Gasteiger partial charge >= 0.3 is 5.97 Å². The number of methoxy groups -OCH3 is 1. The number of aromatic nitrogens is 2. The first-order valence-electron chi connectivity index (χ1n) is 8.16. The predicted octanol–water partition coefficient (Wildman–Crippen LogP) is 2.67. The van der Waals surface area contributed by atoms with Gasteiger partial charge in [0.1, 0.15) is 5.69 Å². The first kappa shape index (κ1) is 16.2. The zero-order valence-electron chi connectivity index (χ0n) is 13.9. The molecule has 1 aromatic heterocycles. The van der Waals surface area contributed by atoms with E-state index >= 15 is 0 Å². The number of para-hydroxylation sites is 1. The first-order valence-corrected chi connectivity index (χ1v) is 8.16. The molecule has 1 fully saturated rings. The first-order chi connectivity index (χ1) is 11.6. The molecule has 0 unspecified atom stereocenters. The van der Waals surface area contributed by atoms with Crippen molar-refractivity contribution in [3.8, 4) is 5.69 Å². The van der Waals surface area contributed by atoms with Crippen LogP contribution in [-0.4, -0.2) is 46.3 Å². The van der Waals surface area contributed by atoms with Crippen LogP contribution in [0.25, 0.3) is 5.69 Å². The van der Waals surface area contributed by atoms with Crippen molar-refractivity contribution in [1.82, 2.24) is 14.7 Å². The monoisotopic (exact) mass is 327 g/mol. The van der Waals surface area contributed by atoms with Crippen LogP contribution in [0.2, 0.25) is 0 Å². The van der Waals surface area contributed by atoms with Crippen molar-refractivity contribution in [3.63, 3.8) is 0 Å². The summed E-state index contributed by atoms with van der Waals surface area (Å²) in [6.07, 6.45) is 3.13. The fraction of sp³-hybridized carbons (Fsp3) is 0.389. The molecule has 0 bridgehead atoms. The molecule has 3 rings (SSSR count). The van der Waals surface area contributed by atoms with Gasteiger partial charge in [-0.25, -0.2) is 9.48 Å². The molecular formula is C18H21N3O3. The van der Waals surface area contributed by atoms with Crippen LogP contribution in [0.1, 0.15) is 47.2 Å². The normalized spacial score (nSPS) is 17.6. The maximum atomic E-state index is 13.0. The van der Waals surface area contributed by atoms with Gasteiger partial charge in [0, 0.05) is 18.7 Å². The largest absolute Gasteiger partial charge is 0.464 e. The smallest absolute Gasteiger partial charge is 0.358 e. The molecule has 6 heteroatoms. The number of likely N-dealkylation sites (tertiary alicyclic amines) is 1. The van der Waals surface area contributed by atoms with Gasteiger partial charge in [0.05, 0.1) is 12.8 Å². The van der Waals surface area contributed by atoms with Gasteiger partial charge in [0.15, 0.2) is 5.69 Å². The average Bonchev–Trinajstić information content (AvgIpc) is 3.07. The Morgan fingerprint density at radius 3 is 2.62 bits per heavy atom. The second-order valence-corrected chi connectivity index (χ2v) is 6.00. The number of amides is 1. The van der Waals surface area contributed by atoms with Crippen molar-refractivity contribution in [3.05, 3.63) is 47.8 Å². The minimum Gasteiger partial charge on any atom is -0.464 e. The molecule has 0 radical (unpaired) electrons. The Kier molecular flexibility index (Phi) is 4.64. The summed E-state index contributed by atoms with van der Waals surface area (Å²) in [6.45, 7) is 2.79. The van der Waals surface area contributed by atoms with Gasteiger partial charge in [0.25, 0.3) is 5.91 Å². The highest BCUT2D eigenvalue weighted by atomic mass is 16.5. The third-order valence-corrected chi connectivity index (χ3v) is 4.39. The van der Waals surface area contributed by atoms with E-state index in [1.807, 2.05) is 35.2 Å². The minimum absolute atomic E-state index is 0.103. The van der Waals surface area contributed by atoms with Crippen LogP contribution >= 0.6 is 0 Å². The standard InChI is InChI=1S/C18H21N3O3/c1-13-8-6-7-11-20(13)17(22)16-12-15(18(23)24-2)19-21(16)14-9-4-3-5-10-14/h3-5,9-10,12-13H,6-8,11H2,1-2H3/t13-/m1/s1. The summed E-state index contributed by atoms with van der Waals surface area (Å²) in [5, 5.41) is 4.29. The molecule has 126 valence electrons. The zero-order chi connectivity index (χ0) is 17.1. The van der Waals surface area contributed by atoms with E-state index < -0.39 is 5.97 Å². The fourth-order valence-corrected chi connectivity index (χ4v) is 3.05. The topological polar surface area (TPSA) is 64.4 Å². The highest BCUT2D eigenvalue weighted by molar-refractivity contribution is 5.96.